The number of aryl methyl sites for hydroxylation is 4. The van der Waals surface area contributed by atoms with Crippen molar-refractivity contribution in [1.82, 2.24) is 14.9 Å². The summed E-state index contributed by atoms with van der Waals surface area (Å²) in [6, 6.07) is 7.97. The number of benzene rings is 2. The van der Waals surface area contributed by atoms with Gasteiger partial charge in [0.2, 0.25) is 0 Å². The molecule has 0 radical (unpaired) electrons. The molecule has 0 fully saturated rings. The van der Waals surface area contributed by atoms with Gasteiger partial charge < -0.3 is 14.6 Å². The molecule has 0 bridgehead atoms. The summed E-state index contributed by atoms with van der Waals surface area (Å²) in [4.78, 5) is 24.2. The number of nitrogens with zero attached hydrogens (tertiary/aromatic N) is 4. The molecule has 0 atom stereocenters. The molecule has 2 aromatic carbocycles. The largest absolute Gasteiger partial charge is 0.457 e. The van der Waals surface area contributed by atoms with Crippen LogP contribution in [-0.4, -0.2) is 25.8 Å². The van der Waals surface area contributed by atoms with Gasteiger partial charge >= 0.3 is 0 Å². The zero-order valence-electron chi connectivity index (χ0n) is 21.3. The molecule has 192 valence electrons. The molecule has 0 unspecified atom stereocenters. The lowest BCUT2D eigenvalue weighted by Gasteiger charge is -2.13. The van der Waals surface area contributed by atoms with E-state index in [4.69, 9.17) is 20.9 Å². The summed E-state index contributed by atoms with van der Waals surface area (Å²) in [6.07, 6.45) is 0. The van der Waals surface area contributed by atoms with Gasteiger partial charge in [0.05, 0.1) is 39.6 Å². The van der Waals surface area contributed by atoms with E-state index in [1.54, 1.807) is 18.5 Å². The molecule has 0 aliphatic carbocycles. The second-order valence-electron chi connectivity index (χ2n) is 8.94. The van der Waals surface area contributed by atoms with Crippen LogP contribution in [0.1, 0.15) is 49.9 Å². The summed E-state index contributed by atoms with van der Waals surface area (Å²) < 4.78 is 13.0. The third-order valence-electron chi connectivity index (χ3n) is 6.15. The zero-order chi connectivity index (χ0) is 27.0. The van der Waals surface area contributed by atoms with Gasteiger partial charge in [0.25, 0.3) is 11.6 Å². The Labute approximate surface area is 218 Å². The molecule has 2 aromatic heterocycles. The van der Waals surface area contributed by atoms with Gasteiger partial charge in [-0.15, -0.1) is 0 Å². The monoisotopic (exact) mass is 523 g/mol. The number of nitro benzene ring substituents is 1. The number of non-ortho nitro benzene ring substituents is 1. The van der Waals surface area contributed by atoms with Crippen molar-refractivity contribution < 1.29 is 19.0 Å². The lowest BCUT2D eigenvalue weighted by molar-refractivity contribution is -0.384. The average Bonchev–Trinajstić information content (AvgIpc) is 3.31. The first-order valence-corrected chi connectivity index (χ1v) is 11.8. The van der Waals surface area contributed by atoms with Crippen molar-refractivity contribution in [2.75, 3.05) is 5.32 Å². The predicted molar refractivity (Wildman–Crippen MR) is 139 cm³/mol. The summed E-state index contributed by atoms with van der Waals surface area (Å²) in [5.41, 5.74) is 4.86. The minimum atomic E-state index is -0.589. The number of rotatable bonds is 7. The molecule has 4 aromatic rings. The van der Waals surface area contributed by atoms with E-state index in [0.29, 0.717) is 27.8 Å². The smallest absolute Gasteiger partial charge is 0.278 e. The van der Waals surface area contributed by atoms with E-state index in [-0.39, 0.29) is 29.4 Å². The maximum Gasteiger partial charge on any atom is 0.278 e. The maximum atomic E-state index is 13.2. The zero-order valence-corrected chi connectivity index (χ0v) is 22.1. The lowest BCUT2D eigenvalue weighted by atomic mass is 10.1. The second-order valence-corrected chi connectivity index (χ2v) is 9.32. The van der Waals surface area contributed by atoms with E-state index in [0.717, 1.165) is 22.4 Å². The van der Waals surface area contributed by atoms with E-state index in [9.17, 15) is 14.9 Å². The Hall–Kier alpha value is -4.18. The van der Waals surface area contributed by atoms with Crippen LogP contribution >= 0.6 is 11.6 Å². The molecule has 1 amide bonds. The van der Waals surface area contributed by atoms with E-state index in [1.807, 2.05) is 39.8 Å². The number of nitrogens with one attached hydrogen (secondary N) is 1. The molecule has 0 spiro atoms. The standard InChI is InChI=1S/C26H26ClN5O5/c1-13-7-14(2)15(3)23(8-13)36-21-10-19(9-20(11-21)32(34)35)28-26(33)25-22(18(6)37-30-25)12-31-17(5)24(27)16(4)29-31/h7-11H,12H2,1-6H3,(H,28,33). The van der Waals surface area contributed by atoms with Crippen molar-refractivity contribution in [2.24, 2.45) is 0 Å². The predicted octanol–water partition coefficient (Wildman–Crippen LogP) is 6.38. The van der Waals surface area contributed by atoms with Crippen molar-refractivity contribution >= 4 is 28.9 Å². The van der Waals surface area contributed by atoms with E-state index < -0.39 is 10.8 Å². The summed E-state index contributed by atoms with van der Waals surface area (Å²) >= 11 is 6.26. The Kier molecular flexibility index (Phi) is 7.04. The summed E-state index contributed by atoms with van der Waals surface area (Å²) in [6.45, 7) is 11.3. The van der Waals surface area contributed by atoms with Gasteiger partial charge in [0.1, 0.15) is 17.3 Å². The van der Waals surface area contributed by atoms with Gasteiger partial charge in [0, 0.05) is 17.7 Å². The normalized spacial score (nSPS) is 11.0. The van der Waals surface area contributed by atoms with E-state index >= 15 is 0 Å². The van der Waals surface area contributed by atoms with Crippen LogP contribution in [0.5, 0.6) is 11.5 Å². The molecule has 0 aliphatic heterocycles. The van der Waals surface area contributed by atoms with Crippen LogP contribution in [0.3, 0.4) is 0 Å². The van der Waals surface area contributed by atoms with Crippen LogP contribution in [0, 0.1) is 51.7 Å². The quantitative estimate of drug-likeness (QED) is 0.220. The molecular formula is C26H26ClN5O5. The second kappa shape index (κ2) is 10.1. The molecule has 0 saturated carbocycles. The molecule has 2 heterocycles. The highest BCUT2D eigenvalue weighted by molar-refractivity contribution is 6.31. The van der Waals surface area contributed by atoms with E-state index in [1.165, 1.54) is 18.2 Å². The molecular weight excluding hydrogens is 498 g/mol. The van der Waals surface area contributed by atoms with Crippen molar-refractivity contribution in [3.8, 4) is 11.5 Å². The number of ether oxygens (including phenoxy) is 1. The van der Waals surface area contributed by atoms with Crippen LogP contribution in [0.15, 0.2) is 34.9 Å². The summed E-state index contributed by atoms with van der Waals surface area (Å²) in [5, 5.41) is 23.2. The van der Waals surface area contributed by atoms with Crippen LogP contribution in [0.25, 0.3) is 0 Å². The Morgan fingerprint density at radius 1 is 1.14 bits per heavy atom. The van der Waals surface area contributed by atoms with Gasteiger partial charge in [0.15, 0.2) is 5.69 Å². The number of hydrogen-bond acceptors (Lipinski definition) is 7. The number of amides is 1. The highest BCUT2D eigenvalue weighted by Crippen LogP contribution is 2.33. The highest BCUT2D eigenvalue weighted by atomic mass is 35.5. The summed E-state index contributed by atoms with van der Waals surface area (Å²) in [5.74, 6) is 0.648. The molecule has 11 heteroatoms. The van der Waals surface area contributed by atoms with Crippen LogP contribution in [0.2, 0.25) is 5.02 Å². The molecule has 10 nitrogen and oxygen atoms in total. The fourth-order valence-electron chi connectivity index (χ4n) is 3.98. The Bertz CT molecular complexity index is 1540. The number of halogens is 1. The molecule has 0 aliphatic rings. The van der Waals surface area contributed by atoms with Gasteiger partial charge in [-0.05, 0) is 64.3 Å². The maximum absolute atomic E-state index is 13.2. The topological polar surface area (TPSA) is 125 Å². The minimum absolute atomic E-state index is 0.0419. The molecule has 1 N–H and O–H groups in total. The average molecular weight is 524 g/mol. The molecule has 0 saturated heterocycles. The fourth-order valence-corrected chi connectivity index (χ4v) is 4.11. The first kappa shape index (κ1) is 25.9. The number of carbonyl (C=O) groups is 1. The van der Waals surface area contributed by atoms with Crippen molar-refractivity contribution in [3.05, 3.63) is 90.6 Å². The Morgan fingerprint density at radius 2 is 1.86 bits per heavy atom. The third-order valence-corrected chi connectivity index (χ3v) is 6.70. The van der Waals surface area contributed by atoms with Crippen LogP contribution in [0.4, 0.5) is 11.4 Å². The number of aromatic nitrogens is 3. The highest BCUT2D eigenvalue weighted by Gasteiger charge is 2.23. The van der Waals surface area contributed by atoms with Gasteiger partial charge in [-0.1, -0.05) is 22.8 Å². The lowest BCUT2D eigenvalue weighted by Crippen LogP contribution is -2.16. The fraction of sp³-hybridized carbons (Fsp3) is 0.269. The first-order valence-electron chi connectivity index (χ1n) is 11.5. The SMILES string of the molecule is Cc1cc(C)c(C)c(Oc2cc(NC(=O)c3noc(C)c3Cn3nc(C)c(Cl)c3C)cc([N+](=O)[O-])c2)c1. The van der Waals surface area contributed by atoms with Gasteiger partial charge in [-0.25, -0.2) is 0 Å². The first-order chi connectivity index (χ1) is 17.4. The Balaban J connectivity index is 1.64. The van der Waals surface area contributed by atoms with E-state index in [2.05, 4.69) is 15.6 Å². The van der Waals surface area contributed by atoms with Crippen LogP contribution in [-0.2, 0) is 6.54 Å². The van der Waals surface area contributed by atoms with Crippen molar-refractivity contribution in [3.63, 3.8) is 0 Å². The van der Waals surface area contributed by atoms with Gasteiger partial charge in [-0.2, -0.15) is 5.10 Å². The Morgan fingerprint density at radius 3 is 2.51 bits per heavy atom. The number of hydrogen-bond donors (Lipinski definition) is 1. The molecule has 4 rings (SSSR count). The number of carbonyl (C=O) groups excluding carboxylic acids is 1. The minimum Gasteiger partial charge on any atom is -0.457 e. The number of nitro groups is 1. The number of anilines is 1. The molecule has 37 heavy (non-hydrogen) atoms. The third kappa shape index (κ3) is 5.34. The van der Waals surface area contributed by atoms with Crippen molar-refractivity contribution in [2.45, 2.75) is 48.1 Å². The van der Waals surface area contributed by atoms with Gasteiger partial charge in [-0.3, -0.25) is 19.6 Å². The summed E-state index contributed by atoms with van der Waals surface area (Å²) in [7, 11) is 0. The van der Waals surface area contributed by atoms with Crippen LogP contribution < -0.4 is 10.1 Å². The van der Waals surface area contributed by atoms with Crippen molar-refractivity contribution in [1.29, 1.82) is 0 Å².